The molecule has 1 N–H and O–H groups in total. The first-order chi connectivity index (χ1) is 18.8. The molecule has 0 saturated carbocycles. The molecule has 0 aromatic heterocycles. The Kier molecular flexibility index (Phi) is 8.38. The zero-order chi connectivity index (χ0) is 37.7. The number of benzene rings is 2. The van der Waals surface area contributed by atoms with Crippen molar-refractivity contribution in [2.24, 2.45) is 4.99 Å². The average Bonchev–Trinajstić information content (AvgIpc) is 2.64. The van der Waals surface area contributed by atoms with Crippen LogP contribution in [-0.2, 0) is 22.4 Å². The Balaban J connectivity index is 0.00000338. The molecule has 0 bridgehead atoms. The fourth-order valence-corrected chi connectivity index (χ4v) is 8.95. The third-order valence-corrected chi connectivity index (χ3v) is 9.88. The molecule has 0 saturated heterocycles. The normalized spacial score (nSPS) is 19.9. The Hall–Kier alpha value is -0.796. The average molecular weight is 876 g/mol. The van der Waals surface area contributed by atoms with E-state index in [1.165, 1.54) is 20.8 Å². The Labute approximate surface area is 262 Å². The number of phenolic OH excluding ortho intramolecular Hbond substituents is 1. The van der Waals surface area contributed by atoms with Crippen LogP contribution in [0.25, 0.3) is 0 Å². The van der Waals surface area contributed by atoms with Crippen molar-refractivity contribution < 1.29 is 99.9 Å². The molecule has 0 aliphatic carbocycles. The zero-order valence-corrected chi connectivity index (χ0v) is 28.1. The van der Waals surface area contributed by atoms with Gasteiger partial charge in [0.1, 0.15) is 21.2 Å². The molecule has 0 spiro atoms. The topological polar surface area (TPSA) is 32.6 Å². The van der Waals surface area contributed by atoms with Gasteiger partial charge in [-0.05, 0) is 23.1 Å². The molecule has 0 fully saturated rings. The number of rotatable bonds is 6. The van der Waals surface area contributed by atoms with E-state index in [1.54, 1.807) is 4.99 Å². The summed E-state index contributed by atoms with van der Waals surface area (Å²) in [5, 5.41) is 10.2. The molecule has 0 atom stereocenters. The second-order valence-corrected chi connectivity index (χ2v) is 22.1. The van der Waals surface area contributed by atoms with Crippen LogP contribution >= 0.6 is 59.5 Å². The van der Waals surface area contributed by atoms with Crippen LogP contribution in [-0.4, -0.2) is 11.3 Å². The summed E-state index contributed by atoms with van der Waals surface area (Å²) in [7, 11) is -42.2. The first kappa shape index (κ1) is 43.2. The van der Waals surface area contributed by atoms with Crippen molar-refractivity contribution in [3.8, 4) is 5.75 Å². The van der Waals surface area contributed by atoms with Crippen LogP contribution in [0.4, 0.5) is 83.4 Å². The van der Waals surface area contributed by atoms with Gasteiger partial charge in [0, 0.05) is 11.8 Å². The third kappa shape index (κ3) is 10.9. The maximum absolute atomic E-state index is 13.8. The first-order valence-electron chi connectivity index (χ1n) is 10.3. The SMILES string of the molecule is CC(C)(C)c1cccc(C=Nc2c(S(F)(F)(F)(F)F)c(S(F)(F)(F)(F)F)cc(S(F)(F)(F)(F)F)c2S(F)(F)(F)(F)F)c1O.[Cl][Ti][Cl]. The van der Waals surface area contributed by atoms with Gasteiger partial charge in [0.15, 0.2) is 9.79 Å². The molecule has 0 aliphatic heterocycles. The van der Waals surface area contributed by atoms with Gasteiger partial charge in [-0.2, -0.15) is 0 Å². The number of aliphatic imine (C=N–C) groups is 1. The zero-order valence-electron chi connectivity index (χ0n) is 21.7. The fraction of sp³-hybridized carbons (Fsp3) is 0.235. The third-order valence-electron chi connectivity index (χ3n) is 4.95. The number of aromatic hydroxyl groups is 1. The number of halogens is 22. The van der Waals surface area contributed by atoms with Crippen molar-refractivity contribution in [2.75, 3.05) is 0 Å². The number of hydrogen-bond donors (Lipinski definition) is 1. The number of nitrogens with zero attached hydrogens (tertiary/aromatic N) is 1. The van der Waals surface area contributed by atoms with E-state index >= 15 is 0 Å². The predicted octanol–water partition coefficient (Wildman–Crippen LogP) is 16.4. The molecule has 2 aromatic carbocycles. The second kappa shape index (κ2) is 8.92. The van der Waals surface area contributed by atoms with Crippen LogP contribution in [0.15, 0.2) is 48.8 Å². The minimum absolute atomic E-state index is 0.326. The van der Waals surface area contributed by atoms with Crippen molar-refractivity contribution in [1.29, 1.82) is 0 Å². The van der Waals surface area contributed by atoms with Gasteiger partial charge in [0.05, 0.1) is 0 Å². The summed E-state index contributed by atoms with van der Waals surface area (Å²) < 4.78 is 273. The molecule has 29 heteroatoms. The van der Waals surface area contributed by atoms with Crippen molar-refractivity contribution in [1.82, 2.24) is 0 Å². The van der Waals surface area contributed by atoms with Crippen LogP contribution in [0.3, 0.4) is 0 Å². The molecule has 0 aliphatic rings. The van der Waals surface area contributed by atoms with Crippen LogP contribution in [0.2, 0.25) is 0 Å². The Morgan fingerprint density at radius 1 is 0.630 bits per heavy atom. The van der Waals surface area contributed by atoms with Gasteiger partial charge in [-0.1, -0.05) is 111 Å². The molecule has 276 valence electrons. The summed E-state index contributed by atoms with van der Waals surface area (Å²) in [6.07, 6.45) is -0.926. The van der Waals surface area contributed by atoms with E-state index in [9.17, 15) is 82.8 Å². The van der Waals surface area contributed by atoms with Crippen molar-refractivity contribution in [3.63, 3.8) is 0 Å². The van der Waals surface area contributed by atoms with Gasteiger partial charge >= 0.3 is 76.5 Å². The number of phenols is 1. The van der Waals surface area contributed by atoms with E-state index in [2.05, 4.69) is 0 Å². The van der Waals surface area contributed by atoms with E-state index < -0.39 is 118 Å². The van der Waals surface area contributed by atoms with E-state index in [0.29, 0.717) is 12.1 Å². The molecule has 2 aromatic rings. The molecule has 46 heavy (non-hydrogen) atoms. The summed E-state index contributed by atoms with van der Waals surface area (Å²) in [6.45, 7) is 3.71. The molecule has 0 radical (unpaired) electrons. The Morgan fingerprint density at radius 3 is 1.22 bits per heavy atom. The van der Waals surface area contributed by atoms with E-state index in [1.807, 2.05) is 0 Å². The van der Waals surface area contributed by atoms with Gasteiger partial charge in [0.2, 0.25) is 0 Å². The standard InChI is InChI=1S/C17H15F20NOS4.2ClH.Ti/c1-17(2,3)10-6-4-5-9(14(10)39)8-38-13-15(42(28,29,30,31)32)11(40(18,19,20,21)22)7-12(41(23,24,25,26)27)16(13)43(33,34,35,36)37;;;/h4-8,39H,1-3H3;2*1H;/q;;;+2/p-2. The monoisotopic (exact) mass is 875 g/mol. The summed E-state index contributed by atoms with van der Waals surface area (Å²) in [4.78, 5) is -21.5. The van der Waals surface area contributed by atoms with Crippen LogP contribution in [0.1, 0.15) is 31.9 Å². The Bertz CT molecular complexity index is 1550. The number of hydrogen-bond acceptors (Lipinski definition) is 2. The summed E-state index contributed by atoms with van der Waals surface area (Å²) in [6, 6.07) is -1.50. The van der Waals surface area contributed by atoms with Gasteiger partial charge in [-0.25, -0.2) is 0 Å². The maximum atomic E-state index is 13.8. The minimum atomic E-state index is -13.0. The van der Waals surface area contributed by atoms with Gasteiger partial charge < -0.3 is 5.11 Å². The fourth-order valence-electron chi connectivity index (χ4n) is 3.43. The van der Waals surface area contributed by atoms with Crippen LogP contribution < -0.4 is 0 Å². The molecule has 0 amide bonds. The summed E-state index contributed by atoms with van der Waals surface area (Å²) in [5.74, 6) is -1.35. The quantitative estimate of drug-likeness (QED) is 0.175. The molecule has 0 heterocycles. The van der Waals surface area contributed by atoms with Gasteiger partial charge in [0.25, 0.3) is 0 Å². The van der Waals surface area contributed by atoms with E-state index in [0.717, 1.165) is 6.07 Å². The van der Waals surface area contributed by atoms with Crippen LogP contribution in [0.5, 0.6) is 5.75 Å². The summed E-state index contributed by atoms with van der Waals surface area (Å²) in [5.41, 5.74) is -8.06. The van der Waals surface area contributed by atoms with Crippen LogP contribution in [0, 0.1) is 0 Å². The van der Waals surface area contributed by atoms with Gasteiger partial charge in [-0.15, -0.1) is 0 Å². The molecule has 0 unspecified atom stereocenters. The molecular weight excluding hydrogens is 861 g/mol. The molecule has 2 rings (SSSR count). The van der Waals surface area contributed by atoms with E-state index in [-0.39, 0.29) is 0 Å². The first-order valence-corrected chi connectivity index (χ1v) is 22.4. The van der Waals surface area contributed by atoms with E-state index in [4.69, 9.17) is 18.6 Å². The molecular formula is C17H15Cl2F20NOS4Ti. The second-order valence-electron chi connectivity index (χ2n) is 10.1. The predicted molar refractivity (Wildman–Crippen MR) is 138 cm³/mol. The van der Waals surface area contributed by atoms with Crippen molar-refractivity contribution in [2.45, 2.75) is 45.8 Å². The number of para-hydroxylation sites is 1. The Morgan fingerprint density at radius 2 is 0.957 bits per heavy atom. The van der Waals surface area contributed by atoms with Crippen molar-refractivity contribution in [3.05, 3.63) is 35.4 Å². The summed E-state index contributed by atoms with van der Waals surface area (Å²) >= 11 is -0.556. The van der Waals surface area contributed by atoms with Crippen molar-refractivity contribution >= 4 is 71.4 Å². The van der Waals surface area contributed by atoms with Gasteiger partial charge in [-0.3, -0.25) is 4.99 Å². The molecule has 2 nitrogen and oxygen atoms in total.